The van der Waals surface area contributed by atoms with E-state index in [-0.39, 0.29) is 6.42 Å². The number of nitrogens with zero attached hydrogens (tertiary/aromatic N) is 1. The molecule has 0 radical (unpaired) electrons. The van der Waals surface area contributed by atoms with Crippen molar-refractivity contribution >= 4 is 32.7 Å². The first kappa shape index (κ1) is 11.1. The molecule has 1 heterocycles. The summed E-state index contributed by atoms with van der Waals surface area (Å²) in [5.74, 6) is -0.795. The van der Waals surface area contributed by atoms with Crippen molar-refractivity contribution in [2.45, 2.75) is 12.8 Å². The topological polar surface area (TPSA) is 50.2 Å². The summed E-state index contributed by atoms with van der Waals surface area (Å²) in [7, 11) is 0. The molecular formula is C12H10BrNO2. The molecule has 1 N–H and O–H groups in total. The van der Waals surface area contributed by atoms with E-state index in [9.17, 15) is 4.79 Å². The first-order valence-corrected chi connectivity index (χ1v) is 5.70. The molecule has 2 aromatic rings. The monoisotopic (exact) mass is 279 g/mol. The van der Waals surface area contributed by atoms with Crippen molar-refractivity contribution in [2.24, 2.45) is 0 Å². The first-order valence-electron chi connectivity index (χ1n) is 4.91. The molecule has 0 saturated carbocycles. The van der Waals surface area contributed by atoms with Gasteiger partial charge in [0.1, 0.15) is 0 Å². The second-order valence-corrected chi connectivity index (χ2v) is 4.48. The molecule has 0 saturated heterocycles. The fourth-order valence-electron chi connectivity index (χ4n) is 1.53. The third-order valence-corrected chi connectivity index (χ3v) is 2.83. The molecular weight excluding hydrogens is 270 g/mol. The molecule has 1 aromatic carbocycles. The van der Waals surface area contributed by atoms with Crippen molar-refractivity contribution < 1.29 is 9.90 Å². The van der Waals surface area contributed by atoms with Gasteiger partial charge in [-0.2, -0.15) is 0 Å². The lowest BCUT2D eigenvalue weighted by Gasteiger charge is -2.02. The third kappa shape index (κ3) is 2.58. The van der Waals surface area contributed by atoms with Crippen LogP contribution in [-0.2, 0) is 11.2 Å². The van der Waals surface area contributed by atoms with Crippen LogP contribution < -0.4 is 0 Å². The zero-order valence-electron chi connectivity index (χ0n) is 8.48. The summed E-state index contributed by atoms with van der Waals surface area (Å²) < 4.78 is 1.01. The zero-order valence-corrected chi connectivity index (χ0v) is 10.1. The molecule has 3 nitrogen and oxygen atoms in total. The van der Waals surface area contributed by atoms with E-state index in [1.54, 1.807) is 6.20 Å². The summed E-state index contributed by atoms with van der Waals surface area (Å²) >= 11 is 3.40. The number of carboxylic acids is 1. The van der Waals surface area contributed by atoms with Gasteiger partial charge >= 0.3 is 5.97 Å². The molecule has 0 atom stereocenters. The molecule has 0 aliphatic heterocycles. The normalized spacial score (nSPS) is 10.6. The maximum Gasteiger partial charge on any atom is 0.303 e. The lowest BCUT2D eigenvalue weighted by molar-refractivity contribution is -0.136. The average molecular weight is 280 g/mol. The van der Waals surface area contributed by atoms with Gasteiger partial charge in [-0.05, 0) is 23.6 Å². The van der Waals surface area contributed by atoms with E-state index in [0.717, 1.165) is 20.9 Å². The zero-order chi connectivity index (χ0) is 11.5. The fourth-order valence-corrected chi connectivity index (χ4v) is 1.91. The number of hydrogen-bond donors (Lipinski definition) is 1. The summed E-state index contributed by atoms with van der Waals surface area (Å²) in [5.41, 5.74) is 0.813. The Morgan fingerprint density at radius 1 is 1.31 bits per heavy atom. The molecule has 0 bridgehead atoms. The number of aliphatic carboxylic acids is 1. The number of fused-ring (bicyclic) bond motifs is 1. The quantitative estimate of drug-likeness (QED) is 0.940. The molecule has 0 aliphatic rings. The lowest BCUT2D eigenvalue weighted by Crippen LogP contribution is -1.99. The Morgan fingerprint density at radius 2 is 2.12 bits per heavy atom. The van der Waals surface area contributed by atoms with E-state index in [2.05, 4.69) is 20.9 Å². The SMILES string of the molecule is O=C(O)CCc1cc2cc(Br)ccc2cn1. The maximum atomic E-state index is 10.5. The predicted molar refractivity (Wildman–Crippen MR) is 65.4 cm³/mol. The summed E-state index contributed by atoms with van der Waals surface area (Å²) in [6.07, 6.45) is 2.36. The van der Waals surface area contributed by atoms with Crippen molar-refractivity contribution in [1.29, 1.82) is 0 Å². The van der Waals surface area contributed by atoms with Crippen LogP contribution in [0.5, 0.6) is 0 Å². The molecule has 0 aliphatic carbocycles. The van der Waals surface area contributed by atoms with E-state index < -0.39 is 5.97 Å². The van der Waals surface area contributed by atoms with E-state index >= 15 is 0 Å². The van der Waals surface area contributed by atoms with Gasteiger partial charge in [0.05, 0.1) is 6.42 Å². The molecule has 1 aromatic heterocycles. The minimum atomic E-state index is -0.795. The number of rotatable bonds is 3. The highest BCUT2D eigenvalue weighted by Gasteiger charge is 2.02. The van der Waals surface area contributed by atoms with E-state index in [0.29, 0.717) is 6.42 Å². The van der Waals surface area contributed by atoms with Crippen molar-refractivity contribution in [3.8, 4) is 0 Å². The lowest BCUT2D eigenvalue weighted by atomic mass is 10.1. The highest BCUT2D eigenvalue weighted by Crippen LogP contribution is 2.20. The third-order valence-electron chi connectivity index (χ3n) is 2.34. The highest BCUT2D eigenvalue weighted by molar-refractivity contribution is 9.10. The van der Waals surface area contributed by atoms with Crippen LogP contribution in [0.3, 0.4) is 0 Å². The molecule has 0 unspecified atom stereocenters. The average Bonchev–Trinajstić information content (AvgIpc) is 2.25. The predicted octanol–water partition coefficient (Wildman–Crippen LogP) is 3.01. The van der Waals surface area contributed by atoms with E-state index in [1.165, 1.54) is 0 Å². The number of halogens is 1. The Kier molecular flexibility index (Phi) is 3.19. The van der Waals surface area contributed by atoms with Crippen LogP contribution in [0.2, 0.25) is 0 Å². The van der Waals surface area contributed by atoms with Crippen molar-refractivity contribution in [1.82, 2.24) is 4.98 Å². The number of benzene rings is 1. The Morgan fingerprint density at radius 3 is 2.88 bits per heavy atom. The smallest absolute Gasteiger partial charge is 0.303 e. The van der Waals surface area contributed by atoms with Crippen LogP contribution in [0.25, 0.3) is 10.8 Å². The van der Waals surface area contributed by atoms with Crippen LogP contribution in [0.4, 0.5) is 0 Å². The first-order chi connectivity index (χ1) is 7.65. The van der Waals surface area contributed by atoms with Gasteiger partial charge in [0.15, 0.2) is 0 Å². The second-order valence-electron chi connectivity index (χ2n) is 3.56. The van der Waals surface area contributed by atoms with E-state index in [1.807, 2.05) is 24.3 Å². The van der Waals surface area contributed by atoms with Gasteiger partial charge in [0, 0.05) is 28.2 Å². The van der Waals surface area contributed by atoms with Gasteiger partial charge in [-0.3, -0.25) is 9.78 Å². The molecule has 82 valence electrons. The van der Waals surface area contributed by atoms with Gasteiger partial charge in [-0.1, -0.05) is 22.0 Å². The Bertz CT molecular complexity index is 540. The highest BCUT2D eigenvalue weighted by atomic mass is 79.9. The summed E-state index contributed by atoms with van der Waals surface area (Å²) in [5, 5.41) is 10.7. The van der Waals surface area contributed by atoms with Gasteiger partial charge < -0.3 is 5.11 Å². The van der Waals surface area contributed by atoms with Gasteiger partial charge in [-0.15, -0.1) is 0 Å². The minimum absolute atomic E-state index is 0.118. The number of pyridine rings is 1. The largest absolute Gasteiger partial charge is 0.481 e. The van der Waals surface area contributed by atoms with Gasteiger partial charge in [0.25, 0.3) is 0 Å². The summed E-state index contributed by atoms with van der Waals surface area (Å²) in [4.78, 5) is 14.7. The summed E-state index contributed by atoms with van der Waals surface area (Å²) in [6, 6.07) is 7.87. The van der Waals surface area contributed by atoms with E-state index in [4.69, 9.17) is 5.11 Å². The molecule has 0 amide bonds. The Labute approximate surface area is 101 Å². The van der Waals surface area contributed by atoms with Crippen molar-refractivity contribution in [3.05, 3.63) is 40.6 Å². The molecule has 0 fully saturated rings. The second kappa shape index (κ2) is 4.61. The maximum absolute atomic E-state index is 10.5. The minimum Gasteiger partial charge on any atom is -0.481 e. The number of aryl methyl sites for hydroxylation is 1. The Hall–Kier alpha value is -1.42. The van der Waals surface area contributed by atoms with Crippen LogP contribution in [0.15, 0.2) is 34.9 Å². The van der Waals surface area contributed by atoms with Crippen LogP contribution in [0, 0.1) is 0 Å². The van der Waals surface area contributed by atoms with Gasteiger partial charge in [0.2, 0.25) is 0 Å². The standard InChI is InChI=1S/C12H10BrNO2/c13-10-2-1-8-7-14-11(3-4-12(15)16)6-9(8)5-10/h1-2,5-7H,3-4H2,(H,15,16). The Balaban J connectivity index is 2.31. The number of carbonyl (C=O) groups is 1. The molecule has 0 spiro atoms. The van der Waals surface area contributed by atoms with Crippen LogP contribution in [-0.4, -0.2) is 16.1 Å². The summed E-state index contributed by atoms with van der Waals surface area (Å²) in [6.45, 7) is 0. The van der Waals surface area contributed by atoms with Crippen LogP contribution in [0.1, 0.15) is 12.1 Å². The number of aromatic nitrogens is 1. The fraction of sp³-hybridized carbons (Fsp3) is 0.167. The van der Waals surface area contributed by atoms with Crippen molar-refractivity contribution in [2.75, 3.05) is 0 Å². The molecule has 4 heteroatoms. The molecule has 16 heavy (non-hydrogen) atoms. The van der Waals surface area contributed by atoms with Gasteiger partial charge in [-0.25, -0.2) is 0 Å². The number of hydrogen-bond acceptors (Lipinski definition) is 2. The van der Waals surface area contributed by atoms with Crippen LogP contribution >= 0.6 is 15.9 Å². The number of carboxylic acid groups (broad SMARTS) is 1. The molecule has 2 rings (SSSR count). The van der Waals surface area contributed by atoms with Crippen molar-refractivity contribution in [3.63, 3.8) is 0 Å².